The maximum absolute atomic E-state index is 9.67. The maximum atomic E-state index is 9.67. The van der Waals surface area contributed by atoms with Crippen LogP contribution in [0.1, 0.15) is 32.4 Å². The van der Waals surface area contributed by atoms with Gasteiger partial charge in [-0.25, -0.2) is 0 Å². The maximum Gasteiger partial charge on any atom is 0.0988 e. The van der Waals surface area contributed by atoms with Crippen LogP contribution in [-0.4, -0.2) is 41.6 Å². The Hall–Kier alpha value is -0.620. The summed E-state index contributed by atoms with van der Waals surface area (Å²) in [6.45, 7) is 7.26. The number of hydrogen-bond donors (Lipinski definition) is 2. The van der Waals surface area contributed by atoms with Crippen molar-refractivity contribution in [3.63, 3.8) is 0 Å². The number of benzene rings is 1. The Morgan fingerprint density at radius 2 is 2.20 bits per heavy atom. The highest BCUT2D eigenvalue weighted by atomic mass is 79.9. The number of anilines is 1. The van der Waals surface area contributed by atoms with Crippen LogP contribution in [0.25, 0.3) is 0 Å². The molecule has 2 N–H and O–H groups in total. The Bertz CT molecular complexity index is 476. The fourth-order valence-corrected chi connectivity index (χ4v) is 3.34. The molecule has 4 nitrogen and oxygen atoms in total. The molecule has 0 aromatic heterocycles. The Kier molecular flexibility index (Phi) is 4.74. The number of ether oxygens (including phenoxy) is 1. The quantitative estimate of drug-likeness (QED) is 0.885. The van der Waals surface area contributed by atoms with E-state index in [0.29, 0.717) is 6.54 Å². The molecule has 0 saturated carbocycles. The van der Waals surface area contributed by atoms with E-state index in [4.69, 9.17) is 4.74 Å². The van der Waals surface area contributed by atoms with Gasteiger partial charge in [-0.05, 0) is 38.5 Å². The van der Waals surface area contributed by atoms with Crippen LogP contribution in [0, 0.1) is 0 Å². The fourth-order valence-electron chi connectivity index (χ4n) is 2.64. The standard InChI is InChI=1S/C15H22BrNO3/c1-10(19)13-5-4-11(6-14(13)16)17-7-12(8-18)20-15(2,3)9-17/h4-6,10,12,18-19H,7-9H2,1-3H3/t10-,12?/m1/s1. The summed E-state index contributed by atoms with van der Waals surface area (Å²) in [7, 11) is 0. The first-order chi connectivity index (χ1) is 9.32. The summed E-state index contributed by atoms with van der Waals surface area (Å²) in [5.41, 5.74) is 1.65. The molecular weight excluding hydrogens is 322 g/mol. The Morgan fingerprint density at radius 1 is 1.50 bits per heavy atom. The molecule has 1 unspecified atom stereocenters. The Morgan fingerprint density at radius 3 is 2.75 bits per heavy atom. The van der Waals surface area contributed by atoms with E-state index in [1.807, 2.05) is 32.0 Å². The highest BCUT2D eigenvalue weighted by molar-refractivity contribution is 9.10. The van der Waals surface area contributed by atoms with Gasteiger partial charge in [-0.15, -0.1) is 0 Å². The van der Waals surface area contributed by atoms with Crippen LogP contribution < -0.4 is 4.90 Å². The van der Waals surface area contributed by atoms with Gasteiger partial charge in [0.1, 0.15) is 0 Å². The van der Waals surface area contributed by atoms with Crippen molar-refractivity contribution in [2.24, 2.45) is 0 Å². The van der Waals surface area contributed by atoms with Crippen molar-refractivity contribution >= 4 is 21.6 Å². The summed E-state index contributed by atoms with van der Waals surface area (Å²) in [6, 6.07) is 5.95. The molecular formula is C15H22BrNO3. The number of aliphatic hydroxyl groups is 2. The smallest absolute Gasteiger partial charge is 0.0988 e. The summed E-state index contributed by atoms with van der Waals surface area (Å²) in [6.07, 6.45) is -0.668. The van der Waals surface area contributed by atoms with Gasteiger partial charge in [-0.1, -0.05) is 22.0 Å². The zero-order valence-corrected chi connectivity index (χ0v) is 13.7. The monoisotopic (exact) mass is 343 g/mol. The van der Waals surface area contributed by atoms with Crippen molar-refractivity contribution in [2.75, 3.05) is 24.6 Å². The first-order valence-electron chi connectivity index (χ1n) is 6.83. The average Bonchev–Trinajstić information content (AvgIpc) is 2.36. The molecule has 0 aliphatic carbocycles. The van der Waals surface area contributed by atoms with E-state index in [9.17, 15) is 10.2 Å². The molecule has 20 heavy (non-hydrogen) atoms. The molecule has 2 rings (SSSR count). The second kappa shape index (κ2) is 6.02. The van der Waals surface area contributed by atoms with E-state index in [0.717, 1.165) is 22.3 Å². The fraction of sp³-hybridized carbons (Fsp3) is 0.600. The largest absolute Gasteiger partial charge is 0.394 e. The lowest BCUT2D eigenvalue weighted by molar-refractivity contribution is -0.101. The van der Waals surface area contributed by atoms with Crippen LogP contribution in [0.15, 0.2) is 22.7 Å². The number of rotatable bonds is 3. The lowest BCUT2D eigenvalue weighted by Gasteiger charge is -2.43. The number of nitrogens with zero attached hydrogens (tertiary/aromatic N) is 1. The third-order valence-corrected chi connectivity index (χ3v) is 4.17. The van der Waals surface area contributed by atoms with Gasteiger partial charge in [-0.3, -0.25) is 0 Å². The zero-order chi connectivity index (χ0) is 14.9. The van der Waals surface area contributed by atoms with Crippen molar-refractivity contribution in [2.45, 2.75) is 38.6 Å². The number of aliphatic hydroxyl groups excluding tert-OH is 2. The first-order valence-corrected chi connectivity index (χ1v) is 7.63. The van der Waals surface area contributed by atoms with Crippen molar-refractivity contribution in [3.8, 4) is 0 Å². The number of morpholine rings is 1. The van der Waals surface area contributed by atoms with Crippen molar-refractivity contribution in [1.29, 1.82) is 0 Å². The minimum atomic E-state index is -0.496. The predicted octanol–water partition coefficient (Wildman–Crippen LogP) is 2.48. The normalized spacial score (nSPS) is 23.7. The van der Waals surface area contributed by atoms with Crippen molar-refractivity contribution < 1.29 is 14.9 Å². The summed E-state index contributed by atoms with van der Waals surface area (Å²) < 4.78 is 6.72. The van der Waals surface area contributed by atoms with Crippen LogP contribution >= 0.6 is 15.9 Å². The molecule has 1 aromatic rings. The van der Waals surface area contributed by atoms with Crippen LogP contribution in [0.2, 0.25) is 0 Å². The first kappa shape index (κ1) is 15.8. The summed E-state index contributed by atoms with van der Waals surface area (Å²) in [5, 5.41) is 19.0. The van der Waals surface area contributed by atoms with Gasteiger partial charge < -0.3 is 19.8 Å². The van der Waals surface area contributed by atoms with Gasteiger partial charge in [0.05, 0.1) is 24.4 Å². The highest BCUT2D eigenvalue weighted by Gasteiger charge is 2.33. The van der Waals surface area contributed by atoms with Crippen molar-refractivity contribution in [3.05, 3.63) is 28.2 Å². The molecule has 1 heterocycles. The van der Waals surface area contributed by atoms with Gasteiger partial charge in [0.15, 0.2) is 0 Å². The molecule has 1 fully saturated rings. The van der Waals surface area contributed by atoms with Crippen LogP contribution in [0.4, 0.5) is 5.69 Å². The predicted molar refractivity (Wildman–Crippen MR) is 83.0 cm³/mol. The number of halogens is 1. The molecule has 1 aliphatic rings. The molecule has 2 atom stereocenters. The lowest BCUT2D eigenvalue weighted by atomic mass is 10.0. The Labute approximate surface area is 128 Å². The molecule has 112 valence electrons. The highest BCUT2D eigenvalue weighted by Crippen LogP contribution is 2.31. The Balaban J connectivity index is 2.24. The third-order valence-electron chi connectivity index (χ3n) is 3.48. The molecule has 1 aromatic carbocycles. The summed E-state index contributed by atoms with van der Waals surface area (Å²) >= 11 is 3.51. The second-order valence-electron chi connectivity index (χ2n) is 5.94. The SMILES string of the molecule is C[C@@H](O)c1ccc(N2CC(CO)OC(C)(C)C2)cc1Br. The molecule has 0 bridgehead atoms. The van der Waals surface area contributed by atoms with Crippen molar-refractivity contribution in [1.82, 2.24) is 0 Å². The van der Waals surface area contributed by atoms with Gasteiger partial charge in [-0.2, -0.15) is 0 Å². The van der Waals surface area contributed by atoms with E-state index in [2.05, 4.69) is 20.8 Å². The van der Waals surface area contributed by atoms with Crippen LogP contribution in [0.5, 0.6) is 0 Å². The third kappa shape index (κ3) is 3.52. The molecule has 0 spiro atoms. The molecule has 0 amide bonds. The van der Waals surface area contributed by atoms with E-state index >= 15 is 0 Å². The van der Waals surface area contributed by atoms with E-state index in [1.165, 1.54) is 0 Å². The van der Waals surface area contributed by atoms with Gasteiger partial charge in [0, 0.05) is 23.2 Å². The van der Waals surface area contributed by atoms with E-state index in [-0.39, 0.29) is 18.3 Å². The van der Waals surface area contributed by atoms with Crippen LogP contribution in [-0.2, 0) is 4.74 Å². The second-order valence-corrected chi connectivity index (χ2v) is 6.80. The molecule has 0 radical (unpaired) electrons. The zero-order valence-electron chi connectivity index (χ0n) is 12.1. The summed E-state index contributed by atoms with van der Waals surface area (Å²) in [5.74, 6) is 0. The van der Waals surface area contributed by atoms with Gasteiger partial charge in [0.25, 0.3) is 0 Å². The van der Waals surface area contributed by atoms with Crippen LogP contribution in [0.3, 0.4) is 0 Å². The van der Waals surface area contributed by atoms with E-state index in [1.54, 1.807) is 6.92 Å². The molecule has 5 heteroatoms. The van der Waals surface area contributed by atoms with Gasteiger partial charge in [0.2, 0.25) is 0 Å². The average molecular weight is 344 g/mol. The van der Waals surface area contributed by atoms with Gasteiger partial charge >= 0.3 is 0 Å². The topological polar surface area (TPSA) is 52.9 Å². The minimum Gasteiger partial charge on any atom is -0.394 e. The summed E-state index contributed by atoms with van der Waals surface area (Å²) in [4.78, 5) is 2.21. The van der Waals surface area contributed by atoms with E-state index < -0.39 is 6.10 Å². The minimum absolute atomic E-state index is 0.0207. The molecule has 1 aliphatic heterocycles. The molecule has 1 saturated heterocycles. The number of hydrogen-bond acceptors (Lipinski definition) is 4. The lowest BCUT2D eigenvalue weighted by Crippen LogP contribution is -2.54.